The Morgan fingerprint density at radius 1 is 1.50 bits per heavy atom. The number of nitriles is 1. The molecule has 1 atom stereocenters. The molecule has 1 unspecified atom stereocenters. The van der Waals surface area contributed by atoms with Crippen LogP contribution in [0.2, 0.25) is 0 Å². The molecule has 1 aliphatic heterocycles. The van der Waals surface area contributed by atoms with Gasteiger partial charge < -0.3 is 10.1 Å². The third-order valence-corrected chi connectivity index (χ3v) is 3.18. The maximum absolute atomic E-state index is 13.5. The van der Waals surface area contributed by atoms with Gasteiger partial charge >= 0.3 is 0 Å². The maximum Gasteiger partial charge on any atom is 0.128 e. The van der Waals surface area contributed by atoms with E-state index in [4.69, 9.17) is 10.00 Å². The Morgan fingerprint density at radius 3 is 3.11 bits per heavy atom. The fraction of sp³-hybridized carbons (Fsp3) is 0.500. The molecule has 0 bridgehead atoms. The number of nitrogens with zero attached hydrogens (tertiary/aromatic N) is 1. The van der Waals surface area contributed by atoms with Gasteiger partial charge in [0.05, 0.1) is 24.8 Å². The number of halogens is 1. The minimum absolute atomic E-state index is 0.234. The average Bonchev–Trinajstić information content (AvgIpc) is 2.42. The molecule has 0 saturated carbocycles. The summed E-state index contributed by atoms with van der Waals surface area (Å²) in [7, 11) is 0. The first-order valence-corrected chi connectivity index (χ1v) is 6.26. The Hall–Kier alpha value is -1.44. The summed E-state index contributed by atoms with van der Waals surface area (Å²) in [6, 6.07) is 6.35. The Balaban J connectivity index is 1.84. The summed E-state index contributed by atoms with van der Waals surface area (Å²) in [5, 5.41) is 12.1. The zero-order valence-electron chi connectivity index (χ0n) is 10.3. The van der Waals surface area contributed by atoms with Crippen LogP contribution in [0.15, 0.2) is 18.2 Å². The van der Waals surface area contributed by atoms with Crippen LogP contribution in [0.4, 0.5) is 4.39 Å². The predicted octanol–water partition coefficient (Wildman–Crippen LogP) is 2.21. The van der Waals surface area contributed by atoms with Gasteiger partial charge in [0, 0.05) is 12.1 Å². The molecule has 0 radical (unpaired) electrons. The monoisotopic (exact) mass is 248 g/mol. The fourth-order valence-corrected chi connectivity index (χ4v) is 2.16. The van der Waals surface area contributed by atoms with Crippen molar-refractivity contribution in [1.82, 2.24) is 5.32 Å². The molecule has 0 amide bonds. The Morgan fingerprint density at radius 2 is 2.39 bits per heavy atom. The summed E-state index contributed by atoms with van der Waals surface area (Å²) in [5.41, 5.74) is 0.923. The lowest BCUT2D eigenvalue weighted by molar-refractivity contribution is 0.0766. The standard InChI is InChI=1S/C14H17FN2O/c15-14-4-3-11(7-16)6-13(14)10-18-9-12-2-1-5-17-8-12/h3-4,6,12,17H,1-2,5,8-10H2. The minimum Gasteiger partial charge on any atom is -0.376 e. The molecule has 1 aromatic carbocycles. The van der Waals surface area contributed by atoms with Crippen molar-refractivity contribution in [3.05, 3.63) is 35.1 Å². The molecule has 0 aromatic heterocycles. The van der Waals surface area contributed by atoms with E-state index in [0.29, 0.717) is 23.7 Å². The van der Waals surface area contributed by atoms with Crippen LogP contribution in [0, 0.1) is 23.1 Å². The van der Waals surface area contributed by atoms with Crippen LogP contribution in [-0.4, -0.2) is 19.7 Å². The van der Waals surface area contributed by atoms with Gasteiger partial charge in [0.1, 0.15) is 5.82 Å². The number of hydrogen-bond donors (Lipinski definition) is 1. The van der Waals surface area contributed by atoms with Crippen molar-refractivity contribution in [3.8, 4) is 6.07 Å². The highest BCUT2D eigenvalue weighted by Crippen LogP contribution is 2.14. The third kappa shape index (κ3) is 3.52. The van der Waals surface area contributed by atoms with Gasteiger partial charge in [0.2, 0.25) is 0 Å². The highest BCUT2D eigenvalue weighted by molar-refractivity contribution is 5.33. The second kappa shape index (κ2) is 6.48. The molecule has 1 saturated heterocycles. The molecule has 4 heteroatoms. The topological polar surface area (TPSA) is 45.0 Å². The lowest BCUT2D eigenvalue weighted by Crippen LogP contribution is -2.32. The van der Waals surface area contributed by atoms with Crippen molar-refractivity contribution in [3.63, 3.8) is 0 Å². The quantitative estimate of drug-likeness (QED) is 0.888. The molecule has 18 heavy (non-hydrogen) atoms. The molecule has 0 spiro atoms. The lowest BCUT2D eigenvalue weighted by Gasteiger charge is -2.22. The summed E-state index contributed by atoms with van der Waals surface area (Å²) >= 11 is 0. The summed E-state index contributed by atoms with van der Waals surface area (Å²) in [6.45, 7) is 2.93. The largest absolute Gasteiger partial charge is 0.376 e. The van der Waals surface area contributed by atoms with Crippen molar-refractivity contribution in [1.29, 1.82) is 5.26 Å². The van der Waals surface area contributed by atoms with E-state index in [1.54, 1.807) is 6.07 Å². The average molecular weight is 248 g/mol. The molecule has 1 aliphatic rings. The molecule has 1 aromatic rings. The second-order valence-corrected chi connectivity index (χ2v) is 4.65. The smallest absolute Gasteiger partial charge is 0.128 e. The van der Waals surface area contributed by atoms with Crippen molar-refractivity contribution < 1.29 is 9.13 Å². The highest BCUT2D eigenvalue weighted by atomic mass is 19.1. The van der Waals surface area contributed by atoms with Gasteiger partial charge in [-0.3, -0.25) is 0 Å². The van der Waals surface area contributed by atoms with Crippen LogP contribution < -0.4 is 5.32 Å². The first-order valence-electron chi connectivity index (χ1n) is 6.26. The first kappa shape index (κ1) is 13.0. The highest BCUT2D eigenvalue weighted by Gasteiger charge is 2.13. The van der Waals surface area contributed by atoms with E-state index in [1.165, 1.54) is 18.6 Å². The molecule has 2 rings (SSSR count). The van der Waals surface area contributed by atoms with Crippen molar-refractivity contribution in [2.24, 2.45) is 5.92 Å². The Labute approximate surface area is 107 Å². The van der Waals surface area contributed by atoms with Crippen LogP contribution in [0.3, 0.4) is 0 Å². The SMILES string of the molecule is N#Cc1ccc(F)c(COCC2CCCNC2)c1. The van der Waals surface area contributed by atoms with E-state index in [1.807, 2.05) is 6.07 Å². The number of hydrogen-bond acceptors (Lipinski definition) is 3. The molecule has 1 fully saturated rings. The molecular formula is C14H17FN2O. The third-order valence-electron chi connectivity index (χ3n) is 3.18. The molecule has 3 nitrogen and oxygen atoms in total. The van der Waals surface area contributed by atoms with Crippen LogP contribution in [0.5, 0.6) is 0 Å². The van der Waals surface area contributed by atoms with E-state index in [0.717, 1.165) is 19.5 Å². The van der Waals surface area contributed by atoms with Gasteiger partial charge in [-0.1, -0.05) is 0 Å². The van der Waals surface area contributed by atoms with E-state index in [9.17, 15) is 4.39 Å². The minimum atomic E-state index is -0.309. The van der Waals surface area contributed by atoms with Gasteiger partial charge in [0.15, 0.2) is 0 Å². The summed E-state index contributed by atoms with van der Waals surface area (Å²) in [6.07, 6.45) is 2.33. The molecule has 1 N–H and O–H groups in total. The number of rotatable bonds is 4. The van der Waals surface area contributed by atoms with Crippen LogP contribution >= 0.6 is 0 Å². The van der Waals surface area contributed by atoms with Gasteiger partial charge in [-0.15, -0.1) is 0 Å². The summed E-state index contributed by atoms with van der Waals surface area (Å²) in [5.74, 6) is 0.205. The van der Waals surface area contributed by atoms with E-state index in [2.05, 4.69) is 5.32 Å². The van der Waals surface area contributed by atoms with Gasteiger partial charge in [-0.2, -0.15) is 5.26 Å². The molecular weight excluding hydrogens is 231 g/mol. The lowest BCUT2D eigenvalue weighted by atomic mass is 10.0. The molecule has 96 valence electrons. The summed E-state index contributed by atoms with van der Waals surface area (Å²) < 4.78 is 19.0. The number of piperidine rings is 1. The van der Waals surface area contributed by atoms with Crippen LogP contribution in [0.25, 0.3) is 0 Å². The van der Waals surface area contributed by atoms with Gasteiger partial charge in [-0.05, 0) is 43.5 Å². The number of ether oxygens (including phenoxy) is 1. The van der Waals surface area contributed by atoms with E-state index >= 15 is 0 Å². The predicted molar refractivity (Wildman–Crippen MR) is 66.4 cm³/mol. The second-order valence-electron chi connectivity index (χ2n) is 4.65. The van der Waals surface area contributed by atoms with Crippen LogP contribution in [-0.2, 0) is 11.3 Å². The van der Waals surface area contributed by atoms with E-state index < -0.39 is 0 Å². The maximum atomic E-state index is 13.5. The van der Waals surface area contributed by atoms with Crippen molar-refractivity contribution in [2.75, 3.05) is 19.7 Å². The van der Waals surface area contributed by atoms with Gasteiger partial charge in [-0.25, -0.2) is 4.39 Å². The first-order chi connectivity index (χ1) is 8.79. The Kier molecular flexibility index (Phi) is 4.68. The number of benzene rings is 1. The number of nitrogens with one attached hydrogen (secondary N) is 1. The normalized spacial score (nSPS) is 19.4. The van der Waals surface area contributed by atoms with Crippen molar-refractivity contribution >= 4 is 0 Å². The fourth-order valence-electron chi connectivity index (χ4n) is 2.16. The van der Waals surface area contributed by atoms with Crippen LogP contribution in [0.1, 0.15) is 24.0 Å². The Bertz CT molecular complexity index is 436. The van der Waals surface area contributed by atoms with E-state index in [-0.39, 0.29) is 12.4 Å². The zero-order valence-corrected chi connectivity index (χ0v) is 10.3. The zero-order chi connectivity index (χ0) is 12.8. The summed E-state index contributed by atoms with van der Waals surface area (Å²) in [4.78, 5) is 0. The van der Waals surface area contributed by atoms with Crippen molar-refractivity contribution in [2.45, 2.75) is 19.4 Å². The molecule has 0 aliphatic carbocycles. The molecule has 1 heterocycles. The van der Waals surface area contributed by atoms with Gasteiger partial charge in [0.25, 0.3) is 0 Å².